The van der Waals surface area contributed by atoms with Crippen LogP contribution in [-0.4, -0.2) is 43.4 Å². The van der Waals surface area contributed by atoms with E-state index in [2.05, 4.69) is 29.5 Å². The maximum atomic E-state index is 10.4. The summed E-state index contributed by atoms with van der Waals surface area (Å²) >= 11 is 12.0. The Morgan fingerprint density at radius 3 is 2.62 bits per heavy atom. The Bertz CT molecular complexity index is 652. The lowest BCUT2D eigenvalue weighted by Crippen LogP contribution is -2.68. The molecule has 0 aromatic heterocycles. The highest BCUT2D eigenvalue weighted by atomic mass is 127. The highest BCUT2D eigenvalue weighted by Crippen LogP contribution is 2.52. The van der Waals surface area contributed by atoms with Gasteiger partial charge in [0.1, 0.15) is 0 Å². The molecule has 8 heteroatoms. The lowest BCUT2D eigenvalue weighted by molar-refractivity contribution is -0.106. The summed E-state index contributed by atoms with van der Waals surface area (Å²) in [6.45, 7) is 5.58. The highest BCUT2D eigenvalue weighted by Gasteiger charge is 2.59. The Hall–Kier alpha value is -0.280. The molecule has 0 radical (unpaired) electrons. The lowest BCUT2D eigenvalue weighted by Gasteiger charge is -2.54. The van der Waals surface area contributed by atoms with Crippen LogP contribution in [0.2, 0.25) is 10.0 Å². The van der Waals surface area contributed by atoms with E-state index in [4.69, 9.17) is 27.9 Å². The zero-order chi connectivity index (χ0) is 18.2. The second-order valence-electron chi connectivity index (χ2n) is 7.36. The number of aliphatic hydroxyl groups is 1. The van der Waals surface area contributed by atoms with E-state index >= 15 is 0 Å². The number of benzene rings is 1. The van der Waals surface area contributed by atoms with Crippen LogP contribution in [0.3, 0.4) is 0 Å². The number of guanidine groups is 1. The highest BCUT2D eigenvalue weighted by molar-refractivity contribution is 14.0. The van der Waals surface area contributed by atoms with E-state index in [0.717, 1.165) is 13.0 Å². The van der Waals surface area contributed by atoms with E-state index in [-0.39, 0.29) is 29.4 Å². The molecule has 146 valence electrons. The predicted octanol–water partition coefficient (Wildman–Crippen LogP) is 3.62. The molecule has 1 saturated carbocycles. The van der Waals surface area contributed by atoms with Crippen molar-refractivity contribution < 1.29 is 9.84 Å². The minimum absolute atomic E-state index is 0. The average Bonchev–Trinajstić information content (AvgIpc) is 3.00. The van der Waals surface area contributed by atoms with Crippen LogP contribution in [0.15, 0.2) is 23.2 Å². The molecule has 0 amide bonds. The Labute approximate surface area is 181 Å². The molecule has 1 aliphatic heterocycles. The third-order valence-corrected chi connectivity index (χ3v) is 5.79. The van der Waals surface area contributed by atoms with Crippen LogP contribution in [0.4, 0.5) is 0 Å². The fourth-order valence-corrected chi connectivity index (χ4v) is 4.58. The van der Waals surface area contributed by atoms with Crippen molar-refractivity contribution in [2.24, 2.45) is 16.3 Å². The molecule has 2 aliphatic rings. The first-order valence-corrected chi connectivity index (χ1v) is 9.31. The fraction of sp³-hybridized carbons (Fsp3) is 0.611. The van der Waals surface area contributed by atoms with Gasteiger partial charge in [-0.1, -0.05) is 37.0 Å². The maximum absolute atomic E-state index is 10.4. The van der Waals surface area contributed by atoms with Gasteiger partial charge in [0.2, 0.25) is 0 Å². The molecule has 1 aromatic rings. The van der Waals surface area contributed by atoms with E-state index in [9.17, 15) is 5.11 Å². The summed E-state index contributed by atoms with van der Waals surface area (Å²) in [4.78, 5) is 4.28. The van der Waals surface area contributed by atoms with Gasteiger partial charge in [-0.2, -0.15) is 0 Å². The molecule has 26 heavy (non-hydrogen) atoms. The van der Waals surface area contributed by atoms with Crippen molar-refractivity contribution in [1.29, 1.82) is 0 Å². The summed E-state index contributed by atoms with van der Waals surface area (Å²) in [7, 11) is 1.73. The van der Waals surface area contributed by atoms with Crippen LogP contribution in [0.25, 0.3) is 0 Å². The maximum Gasteiger partial charge on any atom is 0.191 e. The normalized spacial score (nSPS) is 27.8. The number of aliphatic imine (C=N–C) groups is 1. The minimum Gasteiger partial charge on any atom is -0.387 e. The van der Waals surface area contributed by atoms with Crippen molar-refractivity contribution in [2.75, 3.05) is 20.2 Å². The first-order valence-electron chi connectivity index (χ1n) is 8.55. The van der Waals surface area contributed by atoms with Crippen molar-refractivity contribution in [1.82, 2.24) is 10.6 Å². The number of nitrogens with one attached hydrogen (secondary N) is 2. The number of nitrogens with zero attached hydrogens (tertiary/aromatic N) is 1. The van der Waals surface area contributed by atoms with E-state index in [1.165, 1.54) is 0 Å². The van der Waals surface area contributed by atoms with Gasteiger partial charge in [-0.05, 0) is 30.2 Å². The molecule has 5 nitrogen and oxygen atoms in total. The molecule has 0 spiro atoms. The van der Waals surface area contributed by atoms with Crippen molar-refractivity contribution in [3.05, 3.63) is 33.8 Å². The van der Waals surface area contributed by atoms with Crippen LogP contribution in [-0.2, 0) is 4.74 Å². The lowest BCUT2D eigenvalue weighted by atomic mass is 9.57. The van der Waals surface area contributed by atoms with E-state index in [1.54, 1.807) is 25.2 Å². The SMILES string of the molecule is CN=C(NCC(O)c1cc(Cl)cc(Cl)c1)NC1C2CCOC2C1(C)C.I. The van der Waals surface area contributed by atoms with Crippen molar-refractivity contribution in [2.45, 2.75) is 38.5 Å². The molecule has 1 aromatic carbocycles. The molecule has 2 fully saturated rings. The standard InChI is InChI=1S/C18H25Cl2N3O2.HI/c1-18(2)15(13-4-5-25-16(13)18)23-17(21-3)22-9-14(24)10-6-11(19)8-12(20)7-10;/h6-8,13-16,24H,4-5,9H2,1-3H3,(H2,21,22,23);1H. The van der Waals surface area contributed by atoms with Crippen LogP contribution >= 0.6 is 47.2 Å². The minimum atomic E-state index is -0.730. The van der Waals surface area contributed by atoms with Crippen molar-refractivity contribution in [3.63, 3.8) is 0 Å². The zero-order valence-electron chi connectivity index (χ0n) is 15.1. The fourth-order valence-electron chi connectivity index (χ4n) is 4.04. The summed E-state index contributed by atoms with van der Waals surface area (Å²) in [5.74, 6) is 1.20. The number of rotatable bonds is 4. The van der Waals surface area contributed by atoms with Crippen molar-refractivity contribution >= 4 is 53.1 Å². The van der Waals surface area contributed by atoms with Crippen molar-refractivity contribution in [3.8, 4) is 0 Å². The molecule has 1 aliphatic carbocycles. The third kappa shape index (κ3) is 4.41. The summed E-state index contributed by atoms with van der Waals surface area (Å²) < 4.78 is 5.83. The largest absolute Gasteiger partial charge is 0.387 e. The Balaban J connectivity index is 0.00000243. The number of fused-ring (bicyclic) bond motifs is 1. The smallest absolute Gasteiger partial charge is 0.191 e. The van der Waals surface area contributed by atoms with Gasteiger partial charge in [0.25, 0.3) is 0 Å². The first-order chi connectivity index (χ1) is 11.8. The quantitative estimate of drug-likeness (QED) is 0.327. The number of hydrogen-bond acceptors (Lipinski definition) is 3. The molecule has 1 saturated heterocycles. The molecule has 4 atom stereocenters. The van der Waals surface area contributed by atoms with Gasteiger partial charge in [0.05, 0.1) is 12.2 Å². The summed E-state index contributed by atoms with van der Waals surface area (Å²) in [5, 5.41) is 18.1. The van der Waals surface area contributed by atoms with E-state index in [1.807, 2.05) is 0 Å². The van der Waals surface area contributed by atoms with Gasteiger partial charge < -0.3 is 20.5 Å². The summed E-state index contributed by atoms with van der Waals surface area (Å²) in [6.07, 6.45) is 0.667. The predicted molar refractivity (Wildman–Crippen MR) is 117 cm³/mol. The second kappa shape index (κ2) is 8.82. The molecule has 0 bridgehead atoms. The molecule has 4 unspecified atom stereocenters. The second-order valence-corrected chi connectivity index (χ2v) is 8.23. The Morgan fingerprint density at radius 2 is 2.00 bits per heavy atom. The van der Waals surface area contributed by atoms with E-state index in [0.29, 0.717) is 46.2 Å². The monoisotopic (exact) mass is 513 g/mol. The molecule has 3 rings (SSSR count). The van der Waals surface area contributed by atoms with Gasteiger partial charge in [-0.3, -0.25) is 4.99 Å². The van der Waals surface area contributed by atoms with Crippen LogP contribution in [0.5, 0.6) is 0 Å². The Morgan fingerprint density at radius 1 is 1.35 bits per heavy atom. The van der Waals surface area contributed by atoms with Crippen LogP contribution in [0, 0.1) is 11.3 Å². The topological polar surface area (TPSA) is 65.9 Å². The zero-order valence-corrected chi connectivity index (χ0v) is 19.0. The third-order valence-electron chi connectivity index (χ3n) is 5.35. The molecule has 1 heterocycles. The number of ether oxygens (including phenoxy) is 1. The van der Waals surface area contributed by atoms with Gasteiger partial charge >= 0.3 is 0 Å². The number of aliphatic hydroxyl groups excluding tert-OH is 1. The van der Waals surface area contributed by atoms with Gasteiger partial charge in [0, 0.05) is 47.6 Å². The van der Waals surface area contributed by atoms with Gasteiger partial charge in [-0.15, -0.1) is 24.0 Å². The average molecular weight is 514 g/mol. The van der Waals surface area contributed by atoms with Gasteiger partial charge in [0.15, 0.2) is 5.96 Å². The Kier molecular flexibility index (Phi) is 7.46. The summed E-state index contributed by atoms with van der Waals surface area (Å²) in [6, 6.07) is 5.38. The van der Waals surface area contributed by atoms with Gasteiger partial charge in [-0.25, -0.2) is 0 Å². The molecular weight excluding hydrogens is 488 g/mol. The molecular formula is C18H26Cl2IN3O2. The number of hydrogen-bond donors (Lipinski definition) is 3. The molecule has 3 N–H and O–H groups in total. The first kappa shape index (κ1) is 22.0. The van der Waals surface area contributed by atoms with E-state index < -0.39 is 6.10 Å². The summed E-state index contributed by atoms with van der Waals surface area (Å²) in [5.41, 5.74) is 0.742. The number of halogens is 3. The van der Waals surface area contributed by atoms with Crippen LogP contribution < -0.4 is 10.6 Å². The van der Waals surface area contributed by atoms with Crippen LogP contribution in [0.1, 0.15) is 31.9 Å².